The number of hydrogen-bond donors (Lipinski definition) is 2. The van der Waals surface area contributed by atoms with Crippen molar-refractivity contribution < 1.29 is 15.2 Å². The largest absolute Gasteiger partial charge is 0.375 e. The van der Waals surface area contributed by atoms with Crippen molar-refractivity contribution in [2.24, 2.45) is 0 Å². The Morgan fingerprint density at radius 1 is 1.43 bits per heavy atom. The quantitative estimate of drug-likeness (QED) is 0.392. The average molecular weight is 198 g/mol. The Morgan fingerprint density at radius 3 is 2.07 bits per heavy atom. The molecule has 1 fully saturated rings. The predicted octanol–water partition coefficient (Wildman–Crippen LogP) is 0.604. The second kappa shape index (κ2) is 4.66. The third kappa shape index (κ3) is 3.48. The fourth-order valence-electron chi connectivity index (χ4n) is 0.670. The van der Waals surface area contributed by atoms with Crippen LogP contribution in [0.3, 0.4) is 0 Å². The van der Waals surface area contributed by atoms with Gasteiger partial charge in [0.15, 0.2) is 0 Å². The molecule has 2 unspecified atom stereocenters. The maximum atomic E-state index is 10.0. The summed E-state index contributed by atoms with van der Waals surface area (Å²) in [6.45, 7) is 0.417. The Labute approximate surface area is 80.1 Å². The van der Waals surface area contributed by atoms with Crippen molar-refractivity contribution >= 4 is 5.69 Å². The van der Waals surface area contributed by atoms with Crippen molar-refractivity contribution in [1.29, 1.82) is 0 Å². The van der Waals surface area contributed by atoms with E-state index >= 15 is 0 Å². The lowest BCUT2D eigenvalue weighted by Gasteiger charge is -1.85. The normalized spacial score (nSPS) is 23.3. The molecule has 1 aromatic rings. The van der Waals surface area contributed by atoms with Crippen LogP contribution in [0.15, 0.2) is 30.3 Å². The number of hydrogen-bond acceptors (Lipinski definition) is 5. The van der Waals surface area contributed by atoms with Crippen LogP contribution in [0, 0.1) is 10.1 Å². The molecular weight excluding hydrogens is 188 g/mol. The summed E-state index contributed by atoms with van der Waals surface area (Å²) in [6, 6.07) is 7.93. The van der Waals surface area contributed by atoms with Crippen molar-refractivity contribution in [2.75, 3.05) is 6.54 Å². The Balaban J connectivity index is 0.000000165. The molecule has 1 saturated heterocycles. The Kier molecular flexibility index (Phi) is 3.52. The number of rotatable bonds is 1. The summed E-state index contributed by atoms with van der Waals surface area (Å²) >= 11 is 0. The molecule has 14 heavy (non-hydrogen) atoms. The molecule has 0 bridgehead atoms. The zero-order valence-electron chi connectivity index (χ0n) is 7.28. The molecule has 1 aliphatic heterocycles. The minimum Gasteiger partial charge on any atom is -0.375 e. The van der Waals surface area contributed by atoms with Gasteiger partial charge < -0.3 is 10.3 Å². The molecule has 1 aromatic carbocycles. The number of nitrogens with zero attached hydrogens (tertiary/aromatic N) is 2. The van der Waals surface area contributed by atoms with Gasteiger partial charge in [0.05, 0.1) is 11.5 Å². The SMILES string of the molecule is O=[N+]([O-])c1ccccc1.OC1CN1O. The van der Waals surface area contributed by atoms with E-state index in [1.807, 2.05) is 0 Å². The van der Waals surface area contributed by atoms with Crippen LogP contribution in [0.5, 0.6) is 0 Å². The highest BCUT2D eigenvalue weighted by atomic mass is 16.6. The van der Waals surface area contributed by atoms with E-state index in [4.69, 9.17) is 10.3 Å². The third-order valence-corrected chi connectivity index (χ3v) is 1.53. The topological polar surface area (TPSA) is 86.6 Å². The molecular formula is C8H10N2O4. The molecule has 0 aromatic heterocycles. The lowest BCUT2D eigenvalue weighted by molar-refractivity contribution is -0.384. The summed E-state index contributed by atoms with van der Waals surface area (Å²) in [4.78, 5) is 9.59. The molecule has 76 valence electrons. The molecule has 2 N–H and O–H groups in total. The number of para-hydroxylation sites is 1. The van der Waals surface area contributed by atoms with Gasteiger partial charge in [0.2, 0.25) is 0 Å². The number of aliphatic hydroxyl groups excluding tert-OH is 1. The Morgan fingerprint density at radius 2 is 1.86 bits per heavy atom. The number of hydroxylamine groups is 2. The van der Waals surface area contributed by atoms with Crippen LogP contribution in [0.25, 0.3) is 0 Å². The molecule has 6 heteroatoms. The standard InChI is InChI=1S/C6H5NO2.C2H5NO2/c8-7(9)6-4-2-1-3-5-6;4-2-1-3(2)5/h1-5H;2,4-5H,1H2. The number of aliphatic hydroxyl groups is 1. The van der Waals surface area contributed by atoms with E-state index in [0.717, 1.165) is 5.06 Å². The molecule has 6 nitrogen and oxygen atoms in total. The zero-order valence-corrected chi connectivity index (χ0v) is 7.28. The van der Waals surface area contributed by atoms with Gasteiger partial charge in [-0.05, 0) is 0 Å². The highest BCUT2D eigenvalue weighted by Gasteiger charge is 2.29. The molecule has 0 aliphatic carbocycles. The van der Waals surface area contributed by atoms with Crippen LogP contribution in [0.4, 0.5) is 5.69 Å². The van der Waals surface area contributed by atoms with Gasteiger partial charge in [-0.15, -0.1) is 0 Å². The molecule has 2 atom stereocenters. The Bertz CT molecular complexity index is 297. The van der Waals surface area contributed by atoms with Crippen molar-refractivity contribution in [2.45, 2.75) is 6.23 Å². The third-order valence-electron chi connectivity index (χ3n) is 1.53. The first-order chi connectivity index (χ1) is 6.61. The molecule has 0 saturated carbocycles. The highest BCUT2D eigenvalue weighted by molar-refractivity contribution is 5.27. The van der Waals surface area contributed by atoms with Gasteiger partial charge in [-0.3, -0.25) is 10.1 Å². The number of nitro benzene ring substituents is 1. The molecule has 0 spiro atoms. The molecule has 0 radical (unpaired) electrons. The van der Waals surface area contributed by atoms with Gasteiger partial charge in [-0.1, -0.05) is 18.2 Å². The van der Waals surface area contributed by atoms with Crippen molar-refractivity contribution in [1.82, 2.24) is 5.06 Å². The maximum absolute atomic E-state index is 10.0. The van der Waals surface area contributed by atoms with Gasteiger partial charge in [0.1, 0.15) is 6.23 Å². The fraction of sp³-hybridized carbons (Fsp3) is 0.250. The van der Waals surface area contributed by atoms with Gasteiger partial charge in [0.25, 0.3) is 5.69 Å². The summed E-state index contributed by atoms with van der Waals surface area (Å²) in [5.41, 5.74) is 0.137. The van der Waals surface area contributed by atoms with Crippen LogP contribution >= 0.6 is 0 Å². The lowest BCUT2D eigenvalue weighted by atomic mass is 10.3. The Hall–Kier alpha value is -1.50. The van der Waals surface area contributed by atoms with E-state index in [-0.39, 0.29) is 5.69 Å². The summed E-state index contributed by atoms with van der Waals surface area (Å²) in [7, 11) is 0. The molecule has 1 aliphatic rings. The number of benzene rings is 1. The first-order valence-corrected chi connectivity index (χ1v) is 3.94. The molecule has 0 amide bonds. The maximum Gasteiger partial charge on any atom is 0.269 e. The molecule has 1 heterocycles. The molecule has 2 rings (SSSR count). The predicted molar refractivity (Wildman–Crippen MR) is 47.6 cm³/mol. The second-order valence-electron chi connectivity index (χ2n) is 2.70. The zero-order chi connectivity index (χ0) is 10.6. The monoisotopic (exact) mass is 198 g/mol. The average Bonchev–Trinajstić information content (AvgIpc) is 2.82. The summed E-state index contributed by atoms with van der Waals surface area (Å²) in [5.74, 6) is 0. The first-order valence-electron chi connectivity index (χ1n) is 3.94. The fourth-order valence-corrected chi connectivity index (χ4v) is 0.670. The van der Waals surface area contributed by atoms with Crippen LogP contribution in [-0.2, 0) is 0 Å². The van der Waals surface area contributed by atoms with E-state index in [1.165, 1.54) is 12.1 Å². The van der Waals surface area contributed by atoms with Crippen LogP contribution < -0.4 is 0 Å². The van der Waals surface area contributed by atoms with Crippen LogP contribution in [0.2, 0.25) is 0 Å². The van der Waals surface area contributed by atoms with Crippen LogP contribution in [0.1, 0.15) is 0 Å². The van der Waals surface area contributed by atoms with E-state index in [1.54, 1.807) is 18.2 Å². The summed E-state index contributed by atoms with van der Waals surface area (Å²) in [6.07, 6.45) is -0.560. The minimum absolute atomic E-state index is 0.137. The number of non-ortho nitro benzene ring substituents is 1. The number of β-amino-alcohol motifs (C(OH)–C–C–N with tert-alkyl or cyclic N) is 1. The highest BCUT2D eigenvalue weighted by Crippen LogP contribution is 2.07. The van der Waals surface area contributed by atoms with Crippen molar-refractivity contribution in [3.63, 3.8) is 0 Å². The summed E-state index contributed by atoms with van der Waals surface area (Å²) in [5, 5.41) is 27.0. The van der Waals surface area contributed by atoms with Gasteiger partial charge in [-0.2, -0.15) is 5.06 Å². The van der Waals surface area contributed by atoms with Gasteiger partial charge in [-0.25, -0.2) is 0 Å². The van der Waals surface area contributed by atoms with Crippen molar-refractivity contribution in [3.05, 3.63) is 40.4 Å². The lowest BCUT2D eigenvalue weighted by Crippen LogP contribution is -1.89. The van der Waals surface area contributed by atoms with E-state index in [0.29, 0.717) is 6.54 Å². The summed E-state index contributed by atoms with van der Waals surface area (Å²) < 4.78 is 0. The van der Waals surface area contributed by atoms with E-state index in [9.17, 15) is 10.1 Å². The van der Waals surface area contributed by atoms with E-state index in [2.05, 4.69) is 0 Å². The second-order valence-corrected chi connectivity index (χ2v) is 2.70. The smallest absolute Gasteiger partial charge is 0.269 e. The van der Waals surface area contributed by atoms with Gasteiger partial charge in [0, 0.05) is 12.1 Å². The minimum atomic E-state index is -0.560. The first kappa shape index (κ1) is 10.6. The van der Waals surface area contributed by atoms with E-state index < -0.39 is 11.2 Å². The number of nitro groups is 1. The van der Waals surface area contributed by atoms with Crippen molar-refractivity contribution in [3.8, 4) is 0 Å². The van der Waals surface area contributed by atoms with Crippen LogP contribution in [-0.4, -0.2) is 33.1 Å². The van der Waals surface area contributed by atoms with Gasteiger partial charge >= 0.3 is 0 Å².